The molecule has 1 heterocycles. The van der Waals surface area contributed by atoms with Crippen LogP contribution in [-0.4, -0.2) is 15.4 Å². The van der Waals surface area contributed by atoms with Crippen molar-refractivity contribution >= 4 is 45.7 Å². The van der Waals surface area contributed by atoms with Gasteiger partial charge in [-0.3, -0.25) is 19.5 Å². The first-order valence-electron chi connectivity index (χ1n) is 6.90. The number of nitrogens with two attached hydrogens (primary N) is 1. The first kappa shape index (κ1) is 16.4. The molecule has 0 saturated heterocycles. The molecule has 8 heteroatoms. The molecule has 0 atom stereocenters. The van der Waals surface area contributed by atoms with Crippen molar-refractivity contribution in [3.63, 3.8) is 0 Å². The van der Waals surface area contributed by atoms with Crippen LogP contribution in [-0.2, 0) is 6.54 Å². The minimum Gasteiger partial charge on any atom is -0.326 e. The van der Waals surface area contributed by atoms with Gasteiger partial charge in [-0.15, -0.1) is 0 Å². The quantitative estimate of drug-likeness (QED) is 0.562. The summed E-state index contributed by atoms with van der Waals surface area (Å²) in [5.74, 6) is -0.415. The molecule has 3 aromatic rings. The van der Waals surface area contributed by atoms with Crippen LogP contribution in [0.15, 0.2) is 42.6 Å². The van der Waals surface area contributed by atoms with Crippen LogP contribution in [0.2, 0.25) is 10.0 Å². The second kappa shape index (κ2) is 6.24. The molecule has 2 aromatic carbocycles. The lowest BCUT2D eigenvalue weighted by molar-refractivity contribution is -0.384. The Balaban J connectivity index is 2.16. The van der Waals surface area contributed by atoms with Crippen LogP contribution in [0.3, 0.4) is 0 Å². The lowest BCUT2D eigenvalue weighted by Crippen LogP contribution is -2.11. The lowest BCUT2D eigenvalue weighted by Gasteiger charge is -2.05. The molecule has 0 bridgehead atoms. The highest BCUT2D eigenvalue weighted by molar-refractivity contribution is 6.33. The van der Waals surface area contributed by atoms with E-state index < -0.39 is 10.8 Å². The normalized spacial score (nSPS) is 11.0. The van der Waals surface area contributed by atoms with Gasteiger partial charge in [-0.1, -0.05) is 23.2 Å². The van der Waals surface area contributed by atoms with E-state index in [9.17, 15) is 14.9 Å². The van der Waals surface area contributed by atoms with E-state index in [2.05, 4.69) is 0 Å². The van der Waals surface area contributed by atoms with Gasteiger partial charge >= 0.3 is 0 Å². The van der Waals surface area contributed by atoms with Gasteiger partial charge in [0.1, 0.15) is 5.02 Å². The maximum atomic E-state index is 12.8. The van der Waals surface area contributed by atoms with Gasteiger partial charge in [0, 0.05) is 34.8 Å². The number of benzene rings is 2. The molecule has 0 amide bonds. The Hall–Kier alpha value is -2.41. The molecule has 2 N–H and O–H groups in total. The summed E-state index contributed by atoms with van der Waals surface area (Å²) in [5, 5.41) is 12.3. The highest BCUT2D eigenvalue weighted by Gasteiger charge is 2.19. The first-order valence-corrected chi connectivity index (χ1v) is 7.66. The molecule has 0 aliphatic heterocycles. The van der Waals surface area contributed by atoms with Gasteiger partial charge in [0.25, 0.3) is 11.6 Å². The number of nitro groups is 1. The van der Waals surface area contributed by atoms with Gasteiger partial charge in [-0.05, 0) is 35.9 Å². The average Bonchev–Trinajstić information content (AvgIpc) is 2.92. The van der Waals surface area contributed by atoms with E-state index in [1.807, 2.05) is 0 Å². The van der Waals surface area contributed by atoms with Crippen molar-refractivity contribution in [2.45, 2.75) is 6.54 Å². The smallest absolute Gasteiger partial charge is 0.288 e. The second-order valence-corrected chi connectivity index (χ2v) is 5.96. The van der Waals surface area contributed by atoms with Crippen molar-refractivity contribution < 1.29 is 9.72 Å². The minimum atomic E-state index is -0.627. The molecule has 0 radical (unpaired) electrons. The van der Waals surface area contributed by atoms with Crippen LogP contribution in [0, 0.1) is 10.1 Å². The summed E-state index contributed by atoms with van der Waals surface area (Å²) in [7, 11) is 0. The molecule has 3 rings (SSSR count). The molecule has 122 valence electrons. The Morgan fingerprint density at radius 1 is 1.21 bits per heavy atom. The predicted molar refractivity (Wildman–Crippen MR) is 92.7 cm³/mol. The number of carbonyl (C=O) groups excluding carboxylic acids is 1. The van der Waals surface area contributed by atoms with Crippen LogP contribution in [0.1, 0.15) is 15.9 Å². The van der Waals surface area contributed by atoms with Crippen molar-refractivity contribution in [3.8, 4) is 0 Å². The molecule has 24 heavy (non-hydrogen) atoms. The predicted octanol–water partition coefficient (Wildman–Crippen LogP) is 4.00. The fourth-order valence-corrected chi connectivity index (χ4v) is 2.88. The zero-order valence-corrected chi connectivity index (χ0v) is 13.7. The van der Waals surface area contributed by atoms with Crippen molar-refractivity contribution in [2.24, 2.45) is 5.73 Å². The fraction of sp³-hybridized carbons (Fsp3) is 0.0625. The van der Waals surface area contributed by atoms with Crippen LogP contribution in [0.5, 0.6) is 0 Å². The summed E-state index contributed by atoms with van der Waals surface area (Å²) in [4.78, 5) is 23.2. The number of rotatable bonds is 3. The maximum absolute atomic E-state index is 12.8. The van der Waals surface area contributed by atoms with Gasteiger partial charge in [0.05, 0.1) is 10.4 Å². The summed E-state index contributed by atoms with van der Waals surface area (Å²) in [6.07, 6.45) is 1.61. The molecule has 0 saturated carbocycles. The molecule has 1 aromatic heterocycles. The van der Waals surface area contributed by atoms with E-state index in [4.69, 9.17) is 28.9 Å². The molecule has 0 fully saturated rings. The highest BCUT2D eigenvalue weighted by atomic mass is 35.5. The van der Waals surface area contributed by atoms with Crippen LogP contribution < -0.4 is 5.73 Å². The van der Waals surface area contributed by atoms with Gasteiger partial charge in [0.2, 0.25) is 0 Å². The number of nitrogens with zero attached hydrogens (tertiary/aromatic N) is 2. The van der Waals surface area contributed by atoms with E-state index in [1.165, 1.54) is 16.7 Å². The summed E-state index contributed by atoms with van der Waals surface area (Å²) in [6.45, 7) is 0.234. The third kappa shape index (κ3) is 2.75. The Labute approximate surface area is 146 Å². The SMILES string of the molecule is NCc1cn(C(=O)c2ccc(Cl)c([N+](=O)[O-])c2)c2ccc(Cl)cc12. The molecule has 6 nitrogen and oxygen atoms in total. The maximum Gasteiger partial charge on any atom is 0.288 e. The molecule has 0 aliphatic rings. The fourth-order valence-electron chi connectivity index (χ4n) is 2.53. The van der Waals surface area contributed by atoms with Gasteiger partial charge in [0.15, 0.2) is 0 Å². The number of carbonyl (C=O) groups is 1. The molecule has 0 spiro atoms. The number of hydrogen-bond donors (Lipinski definition) is 1. The number of fused-ring (bicyclic) bond motifs is 1. The Kier molecular flexibility index (Phi) is 4.28. The third-order valence-corrected chi connectivity index (χ3v) is 4.23. The van der Waals surface area contributed by atoms with Gasteiger partial charge < -0.3 is 5.73 Å². The summed E-state index contributed by atoms with van der Waals surface area (Å²) >= 11 is 11.8. The highest BCUT2D eigenvalue weighted by Crippen LogP contribution is 2.28. The van der Waals surface area contributed by atoms with E-state index >= 15 is 0 Å². The first-order chi connectivity index (χ1) is 11.4. The van der Waals surface area contributed by atoms with Crippen LogP contribution in [0.25, 0.3) is 10.9 Å². The van der Waals surface area contributed by atoms with Gasteiger partial charge in [-0.25, -0.2) is 0 Å². The third-order valence-electron chi connectivity index (χ3n) is 3.68. The van der Waals surface area contributed by atoms with Crippen molar-refractivity contribution in [1.29, 1.82) is 0 Å². The summed E-state index contributed by atoms with van der Waals surface area (Å²) < 4.78 is 1.40. The Morgan fingerprint density at radius 2 is 1.96 bits per heavy atom. The zero-order chi connectivity index (χ0) is 17.4. The van der Waals surface area contributed by atoms with Crippen molar-refractivity contribution in [1.82, 2.24) is 4.57 Å². The van der Waals surface area contributed by atoms with E-state index in [0.717, 1.165) is 17.0 Å². The average molecular weight is 364 g/mol. The number of hydrogen-bond acceptors (Lipinski definition) is 4. The molecule has 0 unspecified atom stereocenters. The number of halogens is 2. The topological polar surface area (TPSA) is 91.2 Å². The monoisotopic (exact) mass is 363 g/mol. The summed E-state index contributed by atoms with van der Waals surface area (Å²) in [5.41, 5.74) is 6.94. The van der Waals surface area contributed by atoms with E-state index in [-0.39, 0.29) is 22.8 Å². The standard InChI is InChI=1S/C16H11Cl2N3O3/c17-11-2-4-14-12(6-11)10(7-19)8-20(14)16(22)9-1-3-13(18)15(5-9)21(23)24/h1-6,8H,7,19H2. The lowest BCUT2D eigenvalue weighted by atomic mass is 10.1. The van der Waals surface area contributed by atoms with Gasteiger partial charge in [-0.2, -0.15) is 0 Å². The molecular formula is C16H11Cl2N3O3. The van der Waals surface area contributed by atoms with E-state index in [0.29, 0.717) is 10.5 Å². The van der Waals surface area contributed by atoms with Crippen LogP contribution in [0.4, 0.5) is 5.69 Å². The number of nitro benzene ring substituents is 1. The van der Waals surface area contributed by atoms with Crippen molar-refractivity contribution in [2.75, 3.05) is 0 Å². The summed E-state index contributed by atoms with van der Waals surface area (Å²) in [6, 6.07) is 9.04. The molecule has 0 aliphatic carbocycles. The number of aromatic nitrogens is 1. The van der Waals surface area contributed by atoms with Crippen LogP contribution >= 0.6 is 23.2 Å². The van der Waals surface area contributed by atoms with E-state index in [1.54, 1.807) is 24.4 Å². The Morgan fingerprint density at radius 3 is 2.62 bits per heavy atom. The largest absolute Gasteiger partial charge is 0.326 e. The molecular weight excluding hydrogens is 353 g/mol. The Bertz CT molecular complexity index is 982. The van der Waals surface area contributed by atoms with Crippen molar-refractivity contribution in [3.05, 3.63) is 73.9 Å². The second-order valence-electron chi connectivity index (χ2n) is 5.12. The minimum absolute atomic E-state index is 0.0247. The zero-order valence-electron chi connectivity index (χ0n) is 12.2.